The zero-order chi connectivity index (χ0) is 17.3. The second kappa shape index (κ2) is 6.25. The number of aromatic nitrogens is 3. The molecule has 0 saturated carbocycles. The Balaban J connectivity index is 2.46. The monoisotopic (exact) mass is 327 g/mol. The van der Waals surface area contributed by atoms with Crippen LogP contribution < -0.4 is 16.4 Å². The molecule has 24 heavy (non-hydrogen) atoms. The zero-order valence-electron chi connectivity index (χ0n) is 13.1. The summed E-state index contributed by atoms with van der Waals surface area (Å²) in [5.41, 5.74) is 0.375. The van der Waals surface area contributed by atoms with E-state index in [1.165, 1.54) is 15.0 Å². The minimum atomic E-state index is -0.436. The molecular weight excluding hydrogens is 310 g/mol. The maximum absolute atomic E-state index is 12.7. The van der Waals surface area contributed by atoms with Gasteiger partial charge in [-0.1, -0.05) is 6.07 Å². The minimum Gasteiger partial charge on any atom is -0.395 e. The summed E-state index contributed by atoms with van der Waals surface area (Å²) in [6.07, 6.45) is 1.60. The Bertz CT molecular complexity index is 1050. The van der Waals surface area contributed by atoms with Crippen molar-refractivity contribution < 1.29 is 9.90 Å². The molecule has 0 unspecified atom stereocenters. The normalized spacial score (nSPS) is 11.1. The first-order chi connectivity index (χ1) is 11.6. The second-order valence-corrected chi connectivity index (χ2v) is 5.22. The van der Waals surface area contributed by atoms with Crippen LogP contribution in [0, 0.1) is 5.41 Å². The molecule has 0 aliphatic heterocycles. The van der Waals surface area contributed by atoms with Crippen LogP contribution >= 0.6 is 0 Å². The number of pyridine rings is 2. The Morgan fingerprint density at radius 1 is 1.42 bits per heavy atom. The average Bonchev–Trinajstić information content (AvgIpc) is 2.58. The predicted octanol–water partition coefficient (Wildman–Crippen LogP) is -0.129. The third-order valence-electron chi connectivity index (χ3n) is 3.72. The van der Waals surface area contributed by atoms with Gasteiger partial charge >= 0.3 is 0 Å². The smallest absolute Gasteiger partial charge is 0.267 e. The lowest BCUT2D eigenvalue weighted by atomic mass is 10.2. The Hall–Kier alpha value is -3.00. The summed E-state index contributed by atoms with van der Waals surface area (Å²) in [6.45, 7) is 2.01. The van der Waals surface area contributed by atoms with Gasteiger partial charge in [-0.3, -0.25) is 19.4 Å². The second-order valence-electron chi connectivity index (χ2n) is 5.22. The van der Waals surface area contributed by atoms with Gasteiger partial charge in [0.1, 0.15) is 16.8 Å². The van der Waals surface area contributed by atoms with Crippen LogP contribution in [0.15, 0.2) is 35.3 Å². The first-order valence-corrected chi connectivity index (χ1v) is 7.57. The van der Waals surface area contributed by atoms with E-state index in [4.69, 9.17) is 5.41 Å². The van der Waals surface area contributed by atoms with Crippen LogP contribution in [0.2, 0.25) is 0 Å². The van der Waals surface area contributed by atoms with Gasteiger partial charge in [0.2, 0.25) is 0 Å². The Morgan fingerprint density at radius 2 is 2.21 bits per heavy atom. The van der Waals surface area contributed by atoms with E-state index in [-0.39, 0.29) is 40.8 Å². The van der Waals surface area contributed by atoms with Gasteiger partial charge in [-0.05, 0) is 25.1 Å². The van der Waals surface area contributed by atoms with Crippen LogP contribution in [0.3, 0.4) is 0 Å². The Kier molecular flexibility index (Phi) is 4.13. The zero-order valence-corrected chi connectivity index (χ0v) is 13.1. The first kappa shape index (κ1) is 15.9. The topological polar surface area (TPSA) is 112 Å². The number of carbonyl (C=O) groups excluding carboxylic acids is 1. The van der Waals surface area contributed by atoms with Crippen molar-refractivity contribution in [2.24, 2.45) is 0 Å². The number of aliphatic hydroxyl groups is 1. The molecule has 0 bridgehead atoms. The molecule has 0 spiro atoms. The van der Waals surface area contributed by atoms with Crippen LogP contribution in [0.25, 0.3) is 16.7 Å². The molecule has 3 aromatic heterocycles. The maximum atomic E-state index is 12.7. The number of hydrogen-bond donors (Lipinski definition) is 3. The van der Waals surface area contributed by atoms with Crippen molar-refractivity contribution in [1.82, 2.24) is 19.3 Å². The number of hydrogen-bond acceptors (Lipinski definition) is 5. The largest absolute Gasteiger partial charge is 0.395 e. The number of carbonyl (C=O) groups is 1. The first-order valence-electron chi connectivity index (χ1n) is 7.57. The van der Waals surface area contributed by atoms with Crippen molar-refractivity contribution in [3.63, 3.8) is 0 Å². The molecular formula is C16H17N5O3. The van der Waals surface area contributed by atoms with Crippen molar-refractivity contribution in [3.8, 4) is 0 Å². The van der Waals surface area contributed by atoms with E-state index in [2.05, 4.69) is 10.3 Å². The molecule has 0 aliphatic rings. The lowest BCUT2D eigenvalue weighted by Gasteiger charge is -2.13. The fourth-order valence-electron chi connectivity index (χ4n) is 2.63. The summed E-state index contributed by atoms with van der Waals surface area (Å²) >= 11 is 0. The molecule has 0 saturated heterocycles. The van der Waals surface area contributed by atoms with Gasteiger partial charge in [-0.2, -0.15) is 0 Å². The summed E-state index contributed by atoms with van der Waals surface area (Å²) in [7, 11) is 0. The number of aliphatic hydroxyl groups excluding tert-OH is 1. The van der Waals surface area contributed by atoms with E-state index in [1.54, 1.807) is 31.3 Å². The molecule has 0 aromatic carbocycles. The molecule has 8 nitrogen and oxygen atoms in total. The van der Waals surface area contributed by atoms with Crippen molar-refractivity contribution in [2.45, 2.75) is 13.5 Å². The van der Waals surface area contributed by atoms with E-state index >= 15 is 0 Å². The molecule has 3 heterocycles. The number of nitrogens with one attached hydrogen (secondary N) is 2. The van der Waals surface area contributed by atoms with E-state index < -0.39 is 5.91 Å². The average molecular weight is 327 g/mol. The third-order valence-corrected chi connectivity index (χ3v) is 3.72. The molecule has 8 heteroatoms. The molecule has 124 valence electrons. The molecule has 0 fully saturated rings. The van der Waals surface area contributed by atoms with Crippen LogP contribution in [-0.2, 0) is 6.54 Å². The SMILES string of the molecule is CCNC(=O)c1cc2c(=O)n3ccccc3nc2n(CCO)c1=N. The molecule has 0 aliphatic carbocycles. The van der Waals surface area contributed by atoms with Crippen molar-refractivity contribution in [3.05, 3.63) is 51.9 Å². The maximum Gasteiger partial charge on any atom is 0.267 e. The van der Waals surface area contributed by atoms with Crippen molar-refractivity contribution >= 4 is 22.6 Å². The van der Waals surface area contributed by atoms with Gasteiger partial charge in [-0.15, -0.1) is 0 Å². The number of rotatable bonds is 4. The van der Waals surface area contributed by atoms with Gasteiger partial charge in [0.25, 0.3) is 11.5 Å². The quantitative estimate of drug-likeness (QED) is 0.579. The summed E-state index contributed by atoms with van der Waals surface area (Å²) in [5.74, 6) is -0.436. The summed E-state index contributed by atoms with van der Waals surface area (Å²) < 4.78 is 2.77. The van der Waals surface area contributed by atoms with Gasteiger partial charge < -0.3 is 15.0 Å². The Morgan fingerprint density at radius 3 is 2.92 bits per heavy atom. The summed E-state index contributed by atoms with van der Waals surface area (Å²) in [6, 6.07) is 6.55. The van der Waals surface area contributed by atoms with Crippen LogP contribution in [0.4, 0.5) is 0 Å². The van der Waals surface area contributed by atoms with E-state index in [9.17, 15) is 14.7 Å². The van der Waals surface area contributed by atoms with Crippen LogP contribution in [0.1, 0.15) is 17.3 Å². The van der Waals surface area contributed by atoms with Crippen molar-refractivity contribution in [2.75, 3.05) is 13.2 Å². The lowest BCUT2D eigenvalue weighted by Crippen LogP contribution is -2.35. The number of fused-ring (bicyclic) bond motifs is 2. The molecule has 1 amide bonds. The van der Waals surface area contributed by atoms with E-state index in [0.717, 1.165) is 0 Å². The fourth-order valence-corrected chi connectivity index (χ4v) is 2.63. The van der Waals surface area contributed by atoms with Gasteiger partial charge in [0.05, 0.1) is 17.6 Å². The van der Waals surface area contributed by atoms with E-state index in [1.807, 2.05) is 0 Å². The molecule has 0 atom stereocenters. The third kappa shape index (κ3) is 2.46. The van der Waals surface area contributed by atoms with Crippen molar-refractivity contribution in [1.29, 1.82) is 5.41 Å². The van der Waals surface area contributed by atoms with Gasteiger partial charge in [0, 0.05) is 19.3 Å². The molecule has 3 rings (SSSR count). The van der Waals surface area contributed by atoms with Crippen LogP contribution in [-0.4, -0.2) is 38.1 Å². The highest BCUT2D eigenvalue weighted by Gasteiger charge is 2.16. The molecule has 0 radical (unpaired) electrons. The van der Waals surface area contributed by atoms with E-state index in [0.29, 0.717) is 12.2 Å². The summed E-state index contributed by atoms with van der Waals surface area (Å²) in [5, 5.41) is 20.4. The van der Waals surface area contributed by atoms with Gasteiger partial charge in [-0.25, -0.2) is 4.98 Å². The van der Waals surface area contributed by atoms with Crippen LogP contribution in [0.5, 0.6) is 0 Å². The highest BCUT2D eigenvalue weighted by Crippen LogP contribution is 2.10. The molecule has 3 N–H and O–H groups in total. The number of nitrogens with zero attached hydrogens (tertiary/aromatic N) is 3. The van der Waals surface area contributed by atoms with Gasteiger partial charge in [0.15, 0.2) is 0 Å². The highest BCUT2D eigenvalue weighted by molar-refractivity contribution is 5.96. The Labute approximate surface area is 136 Å². The predicted molar refractivity (Wildman–Crippen MR) is 87.9 cm³/mol. The summed E-state index contributed by atoms with van der Waals surface area (Å²) in [4.78, 5) is 29.4. The molecule has 3 aromatic rings. The minimum absolute atomic E-state index is 0.0675. The lowest BCUT2D eigenvalue weighted by molar-refractivity contribution is 0.0953. The standard InChI is InChI=1S/C16H17N5O3/c1-2-18-15(23)10-9-11-14(21(7-8-22)13(10)17)19-12-5-3-4-6-20(12)16(11)24/h3-6,9,17,22H,2,7-8H2,1H3,(H,18,23). The fraction of sp³-hybridized carbons (Fsp3) is 0.250. The number of amides is 1. The highest BCUT2D eigenvalue weighted by atomic mass is 16.3.